The summed E-state index contributed by atoms with van der Waals surface area (Å²) in [4.78, 5) is 17.0. The van der Waals surface area contributed by atoms with Crippen molar-refractivity contribution in [2.24, 2.45) is 0 Å². The van der Waals surface area contributed by atoms with E-state index >= 15 is 0 Å². The van der Waals surface area contributed by atoms with Gasteiger partial charge in [-0.05, 0) is 46.2 Å². The van der Waals surface area contributed by atoms with Gasteiger partial charge in [0.2, 0.25) is 11.1 Å². The first-order chi connectivity index (χ1) is 9.71. The average molecular weight is 356 g/mol. The molecule has 0 spiro atoms. The van der Waals surface area contributed by atoms with E-state index in [9.17, 15) is 0 Å². The Morgan fingerprint density at radius 2 is 2.15 bits per heavy atom. The summed E-state index contributed by atoms with van der Waals surface area (Å²) in [6, 6.07) is 4.10. The summed E-state index contributed by atoms with van der Waals surface area (Å²) in [6.07, 6.45) is 2.72. The van der Waals surface area contributed by atoms with E-state index in [0.717, 1.165) is 22.5 Å². The van der Waals surface area contributed by atoms with Crippen LogP contribution in [0.3, 0.4) is 0 Å². The van der Waals surface area contributed by atoms with E-state index in [1.807, 2.05) is 12.1 Å². The Kier molecular flexibility index (Phi) is 5.54. The van der Waals surface area contributed by atoms with Crippen LogP contribution in [0.2, 0.25) is 0 Å². The van der Waals surface area contributed by atoms with E-state index in [0.29, 0.717) is 17.1 Å². The summed E-state index contributed by atoms with van der Waals surface area (Å²) in [5, 5.41) is 4.48. The summed E-state index contributed by atoms with van der Waals surface area (Å²) < 4.78 is 6.02. The lowest BCUT2D eigenvalue weighted by molar-refractivity contribution is 0.373. The first-order valence-corrected chi connectivity index (χ1v) is 7.65. The second-order valence-corrected chi connectivity index (χ2v) is 5.68. The number of hydrogen-bond acceptors (Lipinski definition) is 7. The highest BCUT2D eigenvalue weighted by molar-refractivity contribution is 9.10. The van der Waals surface area contributed by atoms with Crippen LogP contribution in [0.15, 0.2) is 33.0 Å². The maximum Gasteiger partial charge on any atom is 0.321 e. The lowest BCUT2D eigenvalue weighted by Crippen LogP contribution is -2.07. The summed E-state index contributed by atoms with van der Waals surface area (Å²) in [5.41, 5.74) is 0. The molecule has 0 aliphatic carbocycles. The van der Waals surface area contributed by atoms with Crippen molar-refractivity contribution >= 4 is 33.6 Å². The Balaban J connectivity index is 2.19. The van der Waals surface area contributed by atoms with Gasteiger partial charge in [-0.3, -0.25) is 0 Å². The van der Waals surface area contributed by atoms with Crippen LogP contribution in [0.5, 0.6) is 6.01 Å². The number of hydrogen-bond donors (Lipinski definition) is 1. The topological polar surface area (TPSA) is 72.8 Å². The van der Waals surface area contributed by atoms with Gasteiger partial charge in [0.15, 0.2) is 0 Å². The van der Waals surface area contributed by atoms with Gasteiger partial charge in [-0.1, -0.05) is 6.92 Å². The molecule has 2 aromatic rings. The zero-order chi connectivity index (χ0) is 14.4. The van der Waals surface area contributed by atoms with Gasteiger partial charge >= 0.3 is 6.01 Å². The minimum atomic E-state index is 0.290. The van der Waals surface area contributed by atoms with Gasteiger partial charge in [0.1, 0.15) is 5.03 Å². The van der Waals surface area contributed by atoms with Crippen LogP contribution in [-0.4, -0.2) is 33.6 Å². The maximum atomic E-state index is 5.09. The minimum Gasteiger partial charge on any atom is -0.467 e. The van der Waals surface area contributed by atoms with Gasteiger partial charge in [-0.15, -0.1) is 0 Å². The fourth-order valence-electron chi connectivity index (χ4n) is 1.31. The van der Waals surface area contributed by atoms with Crippen molar-refractivity contribution in [1.82, 2.24) is 19.9 Å². The van der Waals surface area contributed by atoms with Gasteiger partial charge in [-0.2, -0.15) is 15.0 Å². The molecule has 2 heterocycles. The highest BCUT2D eigenvalue weighted by Crippen LogP contribution is 2.25. The molecule has 0 saturated carbocycles. The number of nitrogens with zero attached hydrogens (tertiary/aromatic N) is 4. The SMILES string of the molecule is CCCNc1nc(OC)nc(Sc2ccc(Br)cn2)n1. The molecule has 0 radical (unpaired) electrons. The third-order valence-corrected chi connectivity index (χ3v) is 3.49. The van der Waals surface area contributed by atoms with Crippen molar-refractivity contribution in [3.05, 3.63) is 22.8 Å². The molecule has 0 aliphatic rings. The van der Waals surface area contributed by atoms with Crippen LogP contribution >= 0.6 is 27.7 Å². The van der Waals surface area contributed by atoms with Gasteiger partial charge in [-0.25, -0.2) is 4.98 Å². The van der Waals surface area contributed by atoms with Gasteiger partial charge in [0, 0.05) is 17.2 Å². The molecule has 0 saturated heterocycles. The molecule has 0 amide bonds. The molecule has 0 aliphatic heterocycles. The Labute approximate surface area is 129 Å². The first kappa shape index (κ1) is 15.0. The number of rotatable bonds is 6. The number of aromatic nitrogens is 4. The molecule has 0 fully saturated rings. The van der Waals surface area contributed by atoms with Crippen molar-refractivity contribution in [3.8, 4) is 6.01 Å². The van der Waals surface area contributed by atoms with E-state index in [4.69, 9.17) is 4.74 Å². The Hall–Kier alpha value is -1.41. The zero-order valence-electron chi connectivity index (χ0n) is 11.1. The van der Waals surface area contributed by atoms with Crippen LogP contribution in [0.1, 0.15) is 13.3 Å². The normalized spacial score (nSPS) is 10.3. The number of ether oxygens (including phenoxy) is 1. The minimum absolute atomic E-state index is 0.290. The van der Waals surface area contributed by atoms with Gasteiger partial charge in [0.25, 0.3) is 0 Å². The Morgan fingerprint density at radius 1 is 1.30 bits per heavy atom. The molecule has 8 heteroatoms. The van der Waals surface area contributed by atoms with Gasteiger partial charge < -0.3 is 10.1 Å². The first-order valence-electron chi connectivity index (χ1n) is 6.04. The van der Waals surface area contributed by atoms with Crippen LogP contribution in [0.4, 0.5) is 5.95 Å². The summed E-state index contributed by atoms with van der Waals surface area (Å²) in [6.45, 7) is 2.88. The monoisotopic (exact) mass is 355 g/mol. The van der Waals surface area contributed by atoms with Crippen molar-refractivity contribution in [3.63, 3.8) is 0 Å². The van der Waals surface area contributed by atoms with Crippen LogP contribution in [0, 0.1) is 0 Å². The average Bonchev–Trinajstić information content (AvgIpc) is 2.47. The highest BCUT2D eigenvalue weighted by atomic mass is 79.9. The Bertz CT molecular complexity index is 566. The molecule has 2 rings (SSSR count). The lowest BCUT2D eigenvalue weighted by atomic mass is 10.5. The second kappa shape index (κ2) is 7.39. The Morgan fingerprint density at radius 3 is 2.80 bits per heavy atom. The van der Waals surface area contributed by atoms with E-state index in [1.54, 1.807) is 6.20 Å². The molecule has 6 nitrogen and oxygen atoms in total. The van der Waals surface area contributed by atoms with E-state index < -0.39 is 0 Å². The predicted molar refractivity (Wildman–Crippen MR) is 81.2 cm³/mol. The van der Waals surface area contributed by atoms with E-state index in [-0.39, 0.29) is 0 Å². The van der Waals surface area contributed by atoms with Crippen LogP contribution in [0.25, 0.3) is 0 Å². The number of methoxy groups -OCH3 is 1. The van der Waals surface area contributed by atoms with Crippen molar-refractivity contribution in [2.45, 2.75) is 23.5 Å². The third kappa shape index (κ3) is 4.31. The third-order valence-electron chi connectivity index (χ3n) is 2.21. The summed E-state index contributed by atoms with van der Waals surface area (Å²) in [7, 11) is 1.53. The molecular formula is C12H14BrN5OS. The van der Waals surface area contributed by atoms with Crippen LogP contribution in [-0.2, 0) is 0 Å². The smallest absolute Gasteiger partial charge is 0.321 e. The number of pyridine rings is 1. The molecule has 0 atom stereocenters. The fraction of sp³-hybridized carbons (Fsp3) is 0.333. The molecular weight excluding hydrogens is 342 g/mol. The highest BCUT2D eigenvalue weighted by Gasteiger charge is 2.08. The predicted octanol–water partition coefficient (Wildman–Crippen LogP) is 3.01. The van der Waals surface area contributed by atoms with E-state index in [2.05, 4.69) is 48.1 Å². The molecule has 20 heavy (non-hydrogen) atoms. The largest absolute Gasteiger partial charge is 0.467 e. The fourth-order valence-corrected chi connectivity index (χ4v) is 2.23. The number of halogens is 1. The van der Waals surface area contributed by atoms with E-state index in [1.165, 1.54) is 18.9 Å². The lowest BCUT2D eigenvalue weighted by Gasteiger charge is -2.06. The van der Waals surface area contributed by atoms with Crippen molar-refractivity contribution in [1.29, 1.82) is 0 Å². The summed E-state index contributed by atoms with van der Waals surface area (Å²) in [5.74, 6) is 0.512. The summed E-state index contributed by atoms with van der Waals surface area (Å²) >= 11 is 4.71. The molecule has 106 valence electrons. The van der Waals surface area contributed by atoms with Crippen molar-refractivity contribution < 1.29 is 4.74 Å². The second-order valence-electron chi connectivity index (χ2n) is 3.77. The molecule has 0 aromatic carbocycles. The molecule has 1 N–H and O–H groups in total. The maximum absolute atomic E-state index is 5.09. The number of anilines is 1. The standard InChI is InChI=1S/C12H14BrN5OS/c1-3-6-14-10-16-11(19-2)18-12(17-10)20-9-5-4-8(13)7-15-9/h4-5,7H,3,6H2,1-2H3,(H,14,16,17,18). The van der Waals surface area contributed by atoms with Gasteiger partial charge in [0.05, 0.1) is 7.11 Å². The molecule has 0 bridgehead atoms. The molecule has 0 unspecified atom stereocenters. The quantitative estimate of drug-likeness (QED) is 0.853. The number of nitrogens with one attached hydrogen (secondary N) is 1. The van der Waals surface area contributed by atoms with Crippen molar-refractivity contribution in [2.75, 3.05) is 19.0 Å². The van der Waals surface area contributed by atoms with Crippen LogP contribution < -0.4 is 10.1 Å². The zero-order valence-corrected chi connectivity index (χ0v) is 13.5. The molecule has 2 aromatic heterocycles.